The van der Waals surface area contributed by atoms with Gasteiger partial charge < -0.3 is 5.11 Å². The zero-order valence-electron chi connectivity index (χ0n) is 11.2. The van der Waals surface area contributed by atoms with Crippen molar-refractivity contribution in [3.63, 3.8) is 0 Å². The average molecular weight is 268 g/mol. The molecule has 0 bridgehead atoms. The summed E-state index contributed by atoms with van der Waals surface area (Å²) in [5.41, 5.74) is 0.941. The number of rotatable bonds is 4. The minimum Gasteiger partial charge on any atom is -0.508 e. The molecule has 1 aliphatic rings. The van der Waals surface area contributed by atoms with Crippen molar-refractivity contribution >= 4 is 11.6 Å². The van der Waals surface area contributed by atoms with Crippen LogP contribution in [0.5, 0.6) is 5.75 Å². The second kappa shape index (κ2) is 5.94. The molecular weight excluding hydrogens is 246 g/mol. The van der Waals surface area contributed by atoms with Gasteiger partial charge in [0.25, 0.3) is 0 Å². The van der Waals surface area contributed by atoms with Gasteiger partial charge >= 0.3 is 0 Å². The van der Waals surface area contributed by atoms with Crippen molar-refractivity contribution in [1.82, 2.24) is 4.90 Å². The Morgan fingerprint density at radius 1 is 1.39 bits per heavy atom. The molecule has 0 heterocycles. The first-order valence-corrected chi connectivity index (χ1v) is 7.25. The smallest absolute Gasteiger partial charge is 0.120 e. The number of hydrogen-bond donors (Lipinski definition) is 1. The lowest BCUT2D eigenvalue weighted by Crippen LogP contribution is -2.35. The lowest BCUT2D eigenvalue weighted by molar-refractivity contribution is 0.152. The molecule has 1 aromatic carbocycles. The molecule has 0 aliphatic heterocycles. The van der Waals surface area contributed by atoms with Gasteiger partial charge in [0.1, 0.15) is 5.75 Å². The van der Waals surface area contributed by atoms with Crippen molar-refractivity contribution in [2.75, 3.05) is 6.54 Å². The number of phenolic OH excluding ortho intramolecular Hbond substituents is 1. The summed E-state index contributed by atoms with van der Waals surface area (Å²) in [4.78, 5) is 2.48. The molecule has 0 amide bonds. The Hall–Kier alpha value is -0.730. The van der Waals surface area contributed by atoms with E-state index in [1.807, 2.05) is 6.07 Å². The van der Waals surface area contributed by atoms with Crippen molar-refractivity contribution < 1.29 is 5.11 Å². The largest absolute Gasteiger partial charge is 0.508 e. The quantitative estimate of drug-likeness (QED) is 0.876. The molecule has 18 heavy (non-hydrogen) atoms. The third-order valence-electron chi connectivity index (χ3n) is 4.10. The first kappa shape index (κ1) is 13.7. The molecule has 1 fully saturated rings. The number of benzene rings is 1. The fraction of sp³-hybridized carbons (Fsp3) is 0.600. The summed E-state index contributed by atoms with van der Waals surface area (Å²) >= 11 is 6.04. The van der Waals surface area contributed by atoms with Gasteiger partial charge in [-0.3, -0.25) is 4.90 Å². The maximum Gasteiger partial charge on any atom is 0.120 e. The summed E-state index contributed by atoms with van der Waals surface area (Å²) < 4.78 is 0. The van der Waals surface area contributed by atoms with Crippen molar-refractivity contribution in [3.8, 4) is 5.75 Å². The third-order valence-corrected chi connectivity index (χ3v) is 4.33. The molecule has 0 aromatic heterocycles. The Labute approximate surface area is 115 Å². The Bertz CT molecular complexity index is 401. The molecule has 0 radical (unpaired) electrons. The Morgan fingerprint density at radius 2 is 2.06 bits per heavy atom. The Balaban J connectivity index is 2.21. The van der Waals surface area contributed by atoms with E-state index in [4.69, 9.17) is 11.6 Å². The maximum atomic E-state index is 10.0. The van der Waals surface area contributed by atoms with E-state index >= 15 is 0 Å². The van der Waals surface area contributed by atoms with Crippen LogP contribution in [0.3, 0.4) is 0 Å². The van der Waals surface area contributed by atoms with E-state index in [-0.39, 0.29) is 6.04 Å². The SMILES string of the molecule is CCN(C1CCCC1)C(C)c1cc(Cl)ccc1O. The second-order valence-corrected chi connectivity index (χ2v) is 5.58. The lowest BCUT2D eigenvalue weighted by atomic mass is 10.0. The van der Waals surface area contributed by atoms with Crippen LogP contribution in [0.1, 0.15) is 51.1 Å². The first-order valence-electron chi connectivity index (χ1n) is 6.87. The summed E-state index contributed by atoms with van der Waals surface area (Å²) in [7, 11) is 0. The van der Waals surface area contributed by atoms with Crippen molar-refractivity contribution in [2.45, 2.75) is 51.6 Å². The Morgan fingerprint density at radius 3 is 2.67 bits per heavy atom. The van der Waals surface area contributed by atoms with Gasteiger partial charge in [-0.25, -0.2) is 0 Å². The fourth-order valence-corrected chi connectivity index (χ4v) is 3.30. The number of phenols is 1. The predicted octanol–water partition coefficient (Wildman–Crippen LogP) is 4.37. The van der Waals surface area contributed by atoms with Gasteiger partial charge in [-0.15, -0.1) is 0 Å². The molecule has 1 aromatic rings. The summed E-state index contributed by atoms with van der Waals surface area (Å²) in [6.07, 6.45) is 5.21. The minimum absolute atomic E-state index is 0.219. The van der Waals surface area contributed by atoms with Crippen LogP contribution in [-0.4, -0.2) is 22.6 Å². The average Bonchev–Trinajstić information content (AvgIpc) is 2.87. The van der Waals surface area contributed by atoms with Crippen LogP contribution in [0.25, 0.3) is 0 Å². The van der Waals surface area contributed by atoms with Gasteiger partial charge in [0, 0.05) is 22.7 Å². The molecule has 2 rings (SSSR count). The topological polar surface area (TPSA) is 23.5 Å². The Kier molecular flexibility index (Phi) is 4.52. The molecule has 1 aliphatic carbocycles. The van der Waals surface area contributed by atoms with E-state index in [0.29, 0.717) is 16.8 Å². The summed E-state index contributed by atoms with van der Waals surface area (Å²) in [6, 6.07) is 6.19. The number of aromatic hydroxyl groups is 1. The highest BCUT2D eigenvalue weighted by Gasteiger charge is 2.27. The van der Waals surface area contributed by atoms with Gasteiger partial charge in [-0.05, 0) is 44.5 Å². The van der Waals surface area contributed by atoms with E-state index in [9.17, 15) is 5.11 Å². The van der Waals surface area contributed by atoms with Crippen molar-refractivity contribution in [2.24, 2.45) is 0 Å². The van der Waals surface area contributed by atoms with Crippen molar-refractivity contribution in [3.05, 3.63) is 28.8 Å². The summed E-state index contributed by atoms with van der Waals surface area (Å²) in [5, 5.41) is 10.7. The van der Waals surface area contributed by atoms with Gasteiger partial charge in [-0.2, -0.15) is 0 Å². The van der Waals surface area contributed by atoms with Gasteiger partial charge in [0.15, 0.2) is 0 Å². The number of nitrogens with zero attached hydrogens (tertiary/aromatic N) is 1. The molecule has 0 spiro atoms. The van der Waals surface area contributed by atoms with Crippen LogP contribution in [0.15, 0.2) is 18.2 Å². The van der Waals surface area contributed by atoms with E-state index in [1.165, 1.54) is 25.7 Å². The molecule has 2 nitrogen and oxygen atoms in total. The minimum atomic E-state index is 0.219. The van der Waals surface area contributed by atoms with Gasteiger partial charge in [0.2, 0.25) is 0 Å². The lowest BCUT2D eigenvalue weighted by Gasteiger charge is -2.34. The number of halogens is 1. The zero-order valence-corrected chi connectivity index (χ0v) is 12.0. The molecule has 1 unspecified atom stereocenters. The highest BCUT2D eigenvalue weighted by atomic mass is 35.5. The normalized spacial score (nSPS) is 18.4. The van der Waals surface area contributed by atoms with Crippen LogP contribution in [0, 0.1) is 0 Å². The summed E-state index contributed by atoms with van der Waals surface area (Å²) in [6.45, 7) is 5.36. The highest BCUT2D eigenvalue weighted by Crippen LogP contribution is 2.35. The molecule has 3 heteroatoms. The van der Waals surface area contributed by atoms with Crippen molar-refractivity contribution in [1.29, 1.82) is 0 Å². The van der Waals surface area contributed by atoms with E-state index < -0.39 is 0 Å². The van der Waals surface area contributed by atoms with E-state index in [2.05, 4.69) is 18.7 Å². The fourth-order valence-electron chi connectivity index (χ4n) is 3.12. The van der Waals surface area contributed by atoms with Crippen LogP contribution < -0.4 is 0 Å². The van der Waals surface area contributed by atoms with Crippen LogP contribution in [-0.2, 0) is 0 Å². The third kappa shape index (κ3) is 2.81. The summed E-state index contributed by atoms with van der Waals surface area (Å²) in [5.74, 6) is 0.350. The standard InChI is InChI=1S/C15H22ClNO/c1-3-17(13-6-4-5-7-13)11(2)14-10-12(16)8-9-15(14)18/h8-11,13,18H,3-7H2,1-2H3. The molecule has 1 N–H and O–H groups in total. The van der Waals surface area contributed by atoms with Gasteiger partial charge in [0.05, 0.1) is 0 Å². The molecule has 1 atom stereocenters. The highest BCUT2D eigenvalue weighted by molar-refractivity contribution is 6.30. The molecular formula is C15H22ClNO. The molecule has 0 saturated heterocycles. The van der Waals surface area contributed by atoms with Crippen LogP contribution in [0.2, 0.25) is 5.02 Å². The van der Waals surface area contributed by atoms with Gasteiger partial charge in [-0.1, -0.05) is 31.4 Å². The first-order chi connectivity index (χ1) is 8.63. The van der Waals surface area contributed by atoms with E-state index in [0.717, 1.165) is 12.1 Å². The van der Waals surface area contributed by atoms with E-state index in [1.54, 1.807) is 12.1 Å². The monoisotopic (exact) mass is 267 g/mol. The molecule has 1 saturated carbocycles. The zero-order chi connectivity index (χ0) is 13.1. The van der Waals surface area contributed by atoms with Crippen LogP contribution >= 0.6 is 11.6 Å². The molecule has 100 valence electrons. The number of hydrogen-bond acceptors (Lipinski definition) is 2. The predicted molar refractivity (Wildman–Crippen MR) is 76.2 cm³/mol. The van der Waals surface area contributed by atoms with Crippen LogP contribution in [0.4, 0.5) is 0 Å². The second-order valence-electron chi connectivity index (χ2n) is 5.15. The maximum absolute atomic E-state index is 10.0.